The van der Waals surface area contributed by atoms with Crippen molar-refractivity contribution in [3.63, 3.8) is 0 Å². The smallest absolute Gasteiger partial charge is 0.243 e. The molecule has 0 spiro atoms. The van der Waals surface area contributed by atoms with E-state index >= 15 is 0 Å². The lowest BCUT2D eigenvalue weighted by molar-refractivity contribution is -0.120. The van der Waals surface area contributed by atoms with E-state index in [1.54, 1.807) is 12.1 Å². The first kappa shape index (κ1) is 20.4. The zero-order chi connectivity index (χ0) is 20.3. The maximum atomic E-state index is 13.0. The molecular weight excluding hydrogens is 376 g/mol. The molecule has 1 aliphatic rings. The highest BCUT2D eigenvalue weighted by atomic mass is 32.2. The molecule has 3 rings (SSSR count). The summed E-state index contributed by atoms with van der Waals surface area (Å²) in [5.74, 6) is 0.0911. The number of nitrogens with one attached hydrogen (secondary N) is 1. The Morgan fingerprint density at radius 2 is 1.86 bits per heavy atom. The third kappa shape index (κ3) is 4.36. The number of hydrogen-bond acceptors (Lipinski definition) is 4. The molecule has 1 atom stereocenters. The Balaban J connectivity index is 1.73. The highest BCUT2D eigenvalue weighted by molar-refractivity contribution is 7.89. The van der Waals surface area contributed by atoms with Gasteiger partial charge in [-0.15, -0.1) is 0 Å². The van der Waals surface area contributed by atoms with Crippen molar-refractivity contribution in [1.82, 2.24) is 4.31 Å². The van der Waals surface area contributed by atoms with Crippen molar-refractivity contribution < 1.29 is 17.9 Å². The van der Waals surface area contributed by atoms with E-state index in [-0.39, 0.29) is 23.3 Å². The van der Waals surface area contributed by atoms with Gasteiger partial charge in [-0.1, -0.05) is 12.1 Å². The molecule has 7 heteroatoms. The van der Waals surface area contributed by atoms with E-state index in [0.29, 0.717) is 25.1 Å². The molecule has 0 aliphatic carbocycles. The Hall–Kier alpha value is -2.38. The second-order valence-electron chi connectivity index (χ2n) is 7.19. The zero-order valence-electron chi connectivity index (χ0n) is 16.4. The predicted octanol–water partition coefficient (Wildman–Crippen LogP) is 3.35. The van der Waals surface area contributed by atoms with Gasteiger partial charge in [-0.3, -0.25) is 4.79 Å². The van der Waals surface area contributed by atoms with Gasteiger partial charge in [0.05, 0.1) is 17.9 Å². The van der Waals surface area contributed by atoms with Gasteiger partial charge in [-0.05, 0) is 68.1 Å². The summed E-state index contributed by atoms with van der Waals surface area (Å²) in [5, 5.41) is 2.97. The van der Waals surface area contributed by atoms with Crippen LogP contribution in [0.2, 0.25) is 0 Å². The molecule has 28 heavy (non-hydrogen) atoms. The van der Waals surface area contributed by atoms with Gasteiger partial charge in [-0.2, -0.15) is 4.31 Å². The van der Waals surface area contributed by atoms with Crippen molar-refractivity contribution in [3.8, 4) is 5.75 Å². The van der Waals surface area contributed by atoms with Gasteiger partial charge in [0.2, 0.25) is 15.9 Å². The van der Waals surface area contributed by atoms with Crippen LogP contribution in [0.1, 0.15) is 24.0 Å². The fourth-order valence-electron chi connectivity index (χ4n) is 3.38. The van der Waals surface area contributed by atoms with Crippen molar-refractivity contribution in [3.05, 3.63) is 53.6 Å². The molecule has 1 N–H and O–H groups in total. The first-order chi connectivity index (χ1) is 13.3. The van der Waals surface area contributed by atoms with E-state index in [1.807, 2.05) is 32.0 Å². The van der Waals surface area contributed by atoms with E-state index in [2.05, 4.69) is 5.32 Å². The monoisotopic (exact) mass is 402 g/mol. The number of nitrogens with zero attached hydrogens (tertiary/aromatic N) is 1. The molecule has 1 heterocycles. The minimum absolute atomic E-state index is 0.136. The van der Waals surface area contributed by atoms with Crippen molar-refractivity contribution >= 4 is 21.6 Å². The third-order valence-corrected chi connectivity index (χ3v) is 6.98. The van der Waals surface area contributed by atoms with Gasteiger partial charge in [0, 0.05) is 18.8 Å². The van der Waals surface area contributed by atoms with Crippen LogP contribution in [-0.4, -0.2) is 38.8 Å². The molecule has 0 saturated carbocycles. The standard InChI is InChI=1S/C21H26N2O4S/c1-15-6-7-16(2)20(13-15)22-21(24)17-5-4-12-23(14-17)28(25,26)19-10-8-18(27-3)9-11-19/h6-11,13,17H,4-5,12,14H2,1-3H3,(H,22,24). The van der Waals surface area contributed by atoms with Gasteiger partial charge in [0.1, 0.15) is 5.75 Å². The lowest BCUT2D eigenvalue weighted by atomic mass is 9.98. The molecular formula is C21H26N2O4S. The van der Waals surface area contributed by atoms with Crippen LogP contribution in [0, 0.1) is 19.8 Å². The van der Waals surface area contributed by atoms with E-state index in [0.717, 1.165) is 16.8 Å². The van der Waals surface area contributed by atoms with Crippen LogP contribution < -0.4 is 10.1 Å². The Bertz CT molecular complexity index is 955. The summed E-state index contributed by atoms with van der Waals surface area (Å²) in [5.41, 5.74) is 2.82. The molecule has 0 radical (unpaired) electrons. The second kappa shape index (κ2) is 8.32. The number of amides is 1. The summed E-state index contributed by atoms with van der Waals surface area (Å²) in [4.78, 5) is 13.0. The van der Waals surface area contributed by atoms with Crippen LogP contribution >= 0.6 is 0 Å². The molecule has 2 aromatic carbocycles. The molecule has 1 aliphatic heterocycles. The molecule has 2 aromatic rings. The van der Waals surface area contributed by atoms with E-state index < -0.39 is 10.0 Å². The molecule has 1 unspecified atom stereocenters. The van der Waals surface area contributed by atoms with E-state index in [9.17, 15) is 13.2 Å². The van der Waals surface area contributed by atoms with Gasteiger partial charge < -0.3 is 10.1 Å². The number of carbonyl (C=O) groups excluding carboxylic acids is 1. The van der Waals surface area contributed by atoms with Gasteiger partial charge in [-0.25, -0.2) is 8.42 Å². The normalized spacial score (nSPS) is 17.9. The average Bonchev–Trinajstić information content (AvgIpc) is 2.71. The van der Waals surface area contributed by atoms with E-state index in [4.69, 9.17) is 4.74 Å². The van der Waals surface area contributed by atoms with Crippen LogP contribution in [-0.2, 0) is 14.8 Å². The van der Waals surface area contributed by atoms with Gasteiger partial charge in [0.25, 0.3) is 0 Å². The molecule has 150 valence electrons. The molecule has 1 saturated heterocycles. The van der Waals surface area contributed by atoms with E-state index in [1.165, 1.54) is 23.5 Å². The van der Waals surface area contributed by atoms with Gasteiger partial charge >= 0.3 is 0 Å². The van der Waals surface area contributed by atoms with Crippen molar-refractivity contribution in [2.24, 2.45) is 5.92 Å². The SMILES string of the molecule is COc1ccc(S(=O)(=O)N2CCCC(C(=O)Nc3cc(C)ccc3C)C2)cc1. The number of aryl methyl sites for hydroxylation is 2. The third-order valence-electron chi connectivity index (χ3n) is 5.10. The number of piperidine rings is 1. The largest absolute Gasteiger partial charge is 0.497 e. The quantitative estimate of drug-likeness (QED) is 0.832. The summed E-state index contributed by atoms with van der Waals surface area (Å²) in [6, 6.07) is 12.2. The average molecular weight is 403 g/mol. The van der Waals surface area contributed by atoms with Crippen LogP contribution in [0.25, 0.3) is 0 Å². The first-order valence-electron chi connectivity index (χ1n) is 9.33. The number of sulfonamides is 1. The number of anilines is 1. The molecule has 1 fully saturated rings. The second-order valence-corrected chi connectivity index (χ2v) is 9.12. The highest BCUT2D eigenvalue weighted by Gasteiger charge is 2.33. The maximum absolute atomic E-state index is 13.0. The first-order valence-corrected chi connectivity index (χ1v) is 10.8. The lowest BCUT2D eigenvalue weighted by Crippen LogP contribution is -2.43. The fraction of sp³-hybridized carbons (Fsp3) is 0.381. The predicted molar refractivity (Wildman–Crippen MR) is 109 cm³/mol. The van der Waals surface area contributed by atoms with Gasteiger partial charge in [0.15, 0.2) is 0 Å². The van der Waals surface area contributed by atoms with Crippen LogP contribution in [0.4, 0.5) is 5.69 Å². The van der Waals surface area contributed by atoms with Crippen LogP contribution in [0.5, 0.6) is 5.75 Å². The summed E-state index contributed by atoms with van der Waals surface area (Å²) in [6.07, 6.45) is 1.33. The zero-order valence-corrected chi connectivity index (χ0v) is 17.3. The topological polar surface area (TPSA) is 75.7 Å². The summed E-state index contributed by atoms with van der Waals surface area (Å²) in [7, 11) is -2.11. The highest BCUT2D eigenvalue weighted by Crippen LogP contribution is 2.26. The number of rotatable bonds is 5. The number of ether oxygens (including phenoxy) is 1. The Morgan fingerprint density at radius 3 is 2.54 bits per heavy atom. The lowest BCUT2D eigenvalue weighted by Gasteiger charge is -2.31. The molecule has 0 aromatic heterocycles. The van der Waals surface area contributed by atoms with Crippen molar-refractivity contribution in [2.45, 2.75) is 31.6 Å². The maximum Gasteiger partial charge on any atom is 0.243 e. The Morgan fingerprint density at radius 1 is 1.14 bits per heavy atom. The minimum Gasteiger partial charge on any atom is -0.497 e. The molecule has 1 amide bonds. The summed E-state index contributed by atoms with van der Waals surface area (Å²) >= 11 is 0. The number of carbonyl (C=O) groups is 1. The summed E-state index contributed by atoms with van der Waals surface area (Å²) in [6.45, 7) is 4.52. The Labute approximate surface area is 166 Å². The fourth-order valence-corrected chi connectivity index (χ4v) is 4.90. The van der Waals surface area contributed by atoms with Crippen LogP contribution in [0.15, 0.2) is 47.4 Å². The number of hydrogen-bond donors (Lipinski definition) is 1. The summed E-state index contributed by atoms with van der Waals surface area (Å²) < 4.78 is 32.4. The number of benzene rings is 2. The molecule has 0 bridgehead atoms. The van der Waals surface area contributed by atoms with Crippen LogP contribution in [0.3, 0.4) is 0 Å². The Kier molecular flexibility index (Phi) is 6.05. The molecule has 6 nitrogen and oxygen atoms in total. The minimum atomic E-state index is -3.64. The van der Waals surface area contributed by atoms with Crippen molar-refractivity contribution in [2.75, 3.05) is 25.5 Å². The number of methoxy groups -OCH3 is 1. The van der Waals surface area contributed by atoms with Crippen molar-refractivity contribution in [1.29, 1.82) is 0 Å².